The molecule has 3 N–H and O–H groups in total. The van der Waals surface area contributed by atoms with Crippen LogP contribution in [-0.2, 0) is 15.1 Å². The molecule has 8 heteroatoms. The monoisotopic (exact) mass is 474 g/mol. The van der Waals surface area contributed by atoms with Crippen LogP contribution in [0.1, 0.15) is 43.7 Å². The van der Waals surface area contributed by atoms with E-state index in [1.165, 1.54) is 19.3 Å². The van der Waals surface area contributed by atoms with Gasteiger partial charge in [0.1, 0.15) is 6.54 Å². The first-order valence-electron chi connectivity index (χ1n) is 12.2. The number of fused-ring (bicyclic) bond motifs is 2. The summed E-state index contributed by atoms with van der Waals surface area (Å²) in [6.07, 6.45) is 4.83. The average molecular weight is 475 g/mol. The number of carbonyl (C=O) groups excluding carboxylic acids is 4. The summed E-state index contributed by atoms with van der Waals surface area (Å²) in [5, 5.41) is 7.97. The summed E-state index contributed by atoms with van der Waals surface area (Å²) >= 11 is 0. The second-order valence-electron chi connectivity index (χ2n) is 9.95. The predicted molar refractivity (Wildman–Crippen MR) is 129 cm³/mol. The SMILES string of the molecule is CC(NC(=O)NC(=O)CN1C(=O)NC(c2ccccc2)(c2ccccc2)C1=O)C1CC2CCC1C2. The van der Waals surface area contributed by atoms with Gasteiger partial charge >= 0.3 is 12.1 Å². The maximum atomic E-state index is 13.6. The Hall–Kier alpha value is -3.68. The number of hydrogen-bond acceptors (Lipinski definition) is 4. The van der Waals surface area contributed by atoms with Gasteiger partial charge in [-0.05, 0) is 55.1 Å². The van der Waals surface area contributed by atoms with Crippen molar-refractivity contribution in [3.8, 4) is 0 Å². The van der Waals surface area contributed by atoms with Crippen molar-refractivity contribution < 1.29 is 19.2 Å². The van der Waals surface area contributed by atoms with Crippen molar-refractivity contribution in [3.63, 3.8) is 0 Å². The van der Waals surface area contributed by atoms with Gasteiger partial charge in [0.15, 0.2) is 5.54 Å². The Balaban J connectivity index is 1.27. The summed E-state index contributed by atoms with van der Waals surface area (Å²) < 4.78 is 0. The fourth-order valence-electron chi connectivity index (χ4n) is 6.22. The minimum Gasteiger partial charge on any atom is -0.335 e. The third-order valence-corrected chi connectivity index (χ3v) is 7.87. The summed E-state index contributed by atoms with van der Waals surface area (Å²) in [5.74, 6) is 0.543. The number of urea groups is 2. The Kier molecular flexibility index (Phi) is 6.05. The predicted octanol–water partition coefficient (Wildman–Crippen LogP) is 3.13. The van der Waals surface area contributed by atoms with Crippen LogP contribution in [0, 0.1) is 17.8 Å². The summed E-state index contributed by atoms with van der Waals surface area (Å²) in [6, 6.07) is 16.5. The van der Waals surface area contributed by atoms with Crippen LogP contribution in [0.2, 0.25) is 0 Å². The van der Waals surface area contributed by atoms with Gasteiger partial charge in [0.25, 0.3) is 5.91 Å². The molecule has 2 aliphatic carbocycles. The number of carbonyl (C=O) groups is 4. The van der Waals surface area contributed by atoms with Crippen LogP contribution < -0.4 is 16.0 Å². The van der Waals surface area contributed by atoms with E-state index in [9.17, 15) is 19.2 Å². The molecule has 2 aromatic rings. The van der Waals surface area contributed by atoms with E-state index in [1.54, 1.807) is 48.5 Å². The number of nitrogens with one attached hydrogen (secondary N) is 3. The van der Waals surface area contributed by atoms with Crippen LogP contribution in [0.4, 0.5) is 9.59 Å². The third kappa shape index (κ3) is 4.17. The van der Waals surface area contributed by atoms with Crippen LogP contribution in [0.15, 0.2) is 60.7 Å². The first-order valence-corrected chi connectivity index (χ1v) is 12.2. The minimum absolute atomic E-state index is 0.0429. The molecule has 2 aromatic carbocycles. The Morgan fingerprint density at radius 3 is 2.17 bits per heavy atom. The fraction of sp³-hybridized carbons (Fsp3) is 0.407. The topological polar surface area (TPSA) is 108 Å². The first kappa shape index (κ1) is 23.1. The van der Waals surface area contributed by atoms with Gasteiger partial charge in [-0.3, -0.25) is 19.8 Å². The Labute approximate surface area is 204 Å². The molecule has 0 spiro atoms. The van der Waals surface area contributed by atoms with Crippen molar-refractivity contribution in [2.45, 2.75) is 44.2 Å². The molecule has 4 atom stereocenters. The highest BCUT2D eigenvalue weighted by Crippen LogP contribution is 2.49. The molecule has 4 unspecified atom stereocenters. The molecule has 5 rings (SSSR count). The number of hydrogen-bond donors (Lipinski definition) is 3. The number of nitrogens with zero attached hydrogens (tertiary/aromatic N) is 1. The van der Waals surface area contributed by atoms with E-state index in [1.807, 2.05) is 19.1 Å². The van der Waals surface area contributed by atoms with Gasteiger partial charge < -0.3 is 10.6 Å². The van der Waals surface area contributed by atoms with E-state index in [2.05, 4.69) is 16.0 Å². The van der Waals surface area contributed by atoms with Crippen molar-refractivity contribution in [2.24, 2.45) is 17.8 Å². The molecule has 2 saturated carbocycles. The van der Waals surface area contributed by atoms with Gasteiger partial charge in [0, 0.05) is 6.04 Å². The Morgan fingerprint density at radius 2 is 1.63 bits per heavy atom. The molecule has 3 fully saturated rings. The molecule has 35 heavy (non-hydrogen) atoms. The normalized spacial score (nSPS) is 25.3. The van der Waals surface area contributed by atoms with E-state index in [0.717, 1.165) is 17.2 Å². The van der Waals surface area contributed by atoms with Gasteiger partial charge in [-0.2, -0.15) is 0 Å². The molecule has 3 aliphatic rings. The van der Waals surface area contributed by atoms with Gasteiger partial charge in [0.05, 0.1) is 0 Å². The molecule has 0 radical (unpaired) electrons. The second kappa shape index (κ2) is 9.17. The summed E-state index contributed by atoms with van der Waals surface area (Å²) in [5.41, 5.74) is -0.270. The van der Waals surface area contributed by atoms with Crippen molar-refractivity contribution in [2.75, 3.05) is 6.54 Å². The van der Waals surface area contributed by atoms with Gasteiger partial charge in [-0.25, -0.2) is 9.59 Å². The first-order chi connectivity index (χ1) is 16.9. The summed E-state index contributed by atoms with van der Waals surface area (Å²) in [7, 11) is 0. The van der Waals surface area contributed by atoms with E-state index in [4.69, 9.17) is 0 Å². The van der Waals surface area contributed by atoms with Crippen molar-refractivity contribution in [1.82, 2.24) is 20.9 Å². The van der Waals surface area contributed by atoms with Crippen LogP contribution in [0.5, 0.6) is 0 Å². The highest BCUT2D eigenvalue weighted by molar-refractivity contribution is 6.12. The quantitative estimate of drug-likeness (QED) is 0.559. The van der Waals surface area contributed by atoms with Crippen LogP contribution in [0.25, 0.3) is 0 Å². The number of benzene rings is 2. The van der Waals surface area contributed by atoms with Gasteiger partial charge in [0.2, 0.25) is 5.91 Å². The largest absolute Gasteiger partial charge is 0.335 e. The van der Waals surface area contributed by atoms with E-state index < -0.39 is 36.0 Å². The average Bonchev–Trinajstić information content (AvgIpc) is 3.56. The van der Waals surface area contributed by atoms with E-state index >= 15 is 0 Å². The lowest BCUT2D eigenvalue weighted by molar-refractivity contribution is -0.134. The summed E-state index contributed by atoms with van der Waals surface area (Å²) in [6.45, 7) is 1.42. The van der Waals surface area contributed by atoms with E-state index in [-0.39, 0.29) is 6.04 Å². The fourth-order valence-corrected chi connectivity index (χ4v) is 6.22. The summed E-state index contributed by atoms with van der Waals surface area (Å²) in [4.78, 5) is 52.6. The maximum absolute atomic E-state index is 13.6. The lowest BCUT2D eigenvalue weighted by Gasteiger charge is -2.28. The molecule has 1 aliphatic heterocycles. The van der Waals surface area contributed by atoms with Gasteiger partial charge in [-0.1, -0.05) is 67.1 Å². The molecular weight excluding hydrogens is 444 g/mol. The highest BCUT2D eigenvalue weighted by Gasteiger charge is 2.54. The van der Waals surface area contributed by atoms with Crippen molar-refractivity contribution in [1.29, 1.82) is 0 Å². The zero-order valence-electron chi connectivity index (χ0n) is 19.7. The van der Waals surface area contributed by atoms with Crippen LogP contribution in [-0.4, -0.2) is 41.4 Å². The molecule has 8 nitrogen and oxygen atoms in total. The van der Waals surface area contributed by atoms with Gasteiger partial charge in [-0.15, -0.1) is 0 Å². The highest BCUT2D eigenvalue weighted by atomic mass is 16.2. The number of rotatable bonds is 6. The van der Waals surface area contributed by atoms with Crippen LogP contribution in [0.3, 0.4) is 0 Å². The van der Waals surface area contributed by atoms with Crippen molar-refractivity contribution in [3.05, 3.63) is 71.8 Å². The standard InChI is InChI=1S/C27H30N4O4/c1-17(22-15-18-12-13-19(22)14-18)28-25(34)29-23(32)16-31-24(33)27(30-26(31)35,20-8-4-2-5-9-20)21-10-6-3-7-11-21/h2-11,17-19,22H,12-16H2,1H3,(H,30,35)(H2,28,29,32,34). The Morgan fingerprint density at radius 1 is 1.00 bits per heavy atom. The zero-order chi connectivity index (χ0) is 24.6. The smallest absolute Gasteiger partial charge is 0.326 e. The molecule has 1 heterocycles. The Bertz CT molecular complexity index is 1100. The second-order valence-corrected chi connectivity index (χ2v) is 9.95. The molecule has 0 aromatic heterocycles. The maximum Gasteiger partial charge on any atom is 0.326 e. The number of amides is 6. The molecule has 182 valence electrons. The molecule has 6 amide bonds. The third-order valence-electron chi connectivity index (χ3n) is 7.87. The number of imide groups is 2. The molecule has 2 bridgehead atoms. The van der Waals surface area contributed by atoms with E-state index in [0.29, 0.717) is 23.0 Å². The van der Waals surface area contributed by atoms with Crippen LogP contribution >= 0.6 is 0 Å². The molecular formula is C27H30N4O4. The van der Waals surface area contributed by atoms with Crippen molar-refractivity contribution >= 4 is 23.9 Å². The minimum atomic E-state index is -1.45. The zero-order valence-corrected chi connectivity index (χ0v) is 19.7. The lowest BCUT2D eigenvalue weighted by atomic mass is 9.82. The lowest BCUT2D eigenvalue weighted by Crippen LogP contribution is -2.50. The molecule has 1 saturated heterocycles.